The average Bonchev–Trinajstić information content (AvgIpc) is 2.72. The first-order chi connectivity index (χ1) is 14.7. The summed E-state index contributed by atoms with van der Waals surface area (Å²) in [6.07, 6.45) is -0.262. The molecule has 0 spiro atoms. The number of aromatic nitrogens is 3. The molecule has 31 heavy (non-hydrogen) atoms. The number of hydrogen-bond donors (Lipinski definition) is 2. The fraction of sp³-hybridized carbons (Fsp3) is 0.286. The number of benzene rings is 1. The van der Waals surface area contributed by atoms with Crippen molar-refractivity contribution in [1.29, 1.82) is 0 Å². The van der Waals surface area contributed by atoms with Crippen molar-refractivity contribution >= 4 is 29.1 Å². The molecule has 3 aromatic rings. The molecule has 1 aromatic carbocycles. The van der Waals surface area contributed by atoms with Crippen LogP contribution < -0.4 is 10.6 Å². The third-order valence-electron chi connectivity index (χ3n) is 4.33. The van der Waals surface area contributed by atoms with Gasteiger partial charge in [-0.15, -0.1) is 0 Å². The molecule has 6 nitrogen and oxygen atoms in total. The molecule has 2 N–H and O–H groups in total. The molecule has 10 heteroatoms. The number of pyridine rings is 1. The van der Waals surface area contributed by atoms with Crippen LogP contribution in [0.3, 0.4) is 0 Å². The van der Waals surface area contributed by atoms with E-state index in [1.165, 1.54) is 6.07 Å². The van der Waals surface area contributed by atoms with Gasteiger partial charge in [0.15, 0.2) is 0 Å². The number of hydrogen-bond acceptors (Lipinski definition) is 6. The van der Waals surface area contributed by atoms with Gasteiger partial charge in [0.1, 0.15) is 5.82 Å². The Morgan fingerprint density at radius 3 is 2.42 bits per heavy atom. The van der Waals surface area contributed by atoms with Gasteiger partial charge in [0, 0.05) is 30.6 Å². The molecule has 2 aromatic heterocycles. The van der Waals surface area contributed by atoms with Crippen LogP contribution in [0.5, 0.6) is 0 Å². The highest BCUT2D eigenvalue weighted by Crippen LogP contribution is 2.35. The Labute approximate surface area is 183 Å². The Morgan fingerprint density at radius 2 is 1.77 bits per heavy atom. The minimum absolute atomic E-state index is 0.0561. The zero-order chi connectivity index (χ0) is 22.4. The van der Waals surface area contributed by atoms with Crippen LogP contribution in [0.1, 0.15) is 12.0 Å². The van der Waals surface area contributed by atoms with Gasteiger partial charge in [0.2, 0.25) is 5.95 Å². The molecule has 0 bridgehead atoms. The molecule has 0 radical (unpaired) electrons. The largest absolute Gasteiger partial charge is 0.416 e. The predicted octanol–water partition coefficient (Wildman–Crippen LogP) is 5.32. The second-order valence-electron chi connectivity index (χ2n) is 7.10. The lowest BCUT2D eigenvalue weighted by molar-refractivity contribution is -0.137. The van der Waals surface area contributed by atoms with E-state index in [2.05, 4.69) is 30.5 Å². The van der Waals surface area contributed by atoms with Crippen LogP contribution in [-0.4, -0.2) is 47.0 Å². The molecule has 0 aliphatic rings. The van der Waals surface area contributed by atoms with Crippen LogP contribution in [0.2, 0.25) is 5.02 Å². The summed E-state index contributed by atoms with van der Waals surface area (Å²) in [6.45, 7) is 1.57. The predicted molar refractivity (Wildman–Crippen MR) is 117 cm³/mol. The number of alkyl halides is 3. The summed E-state index contributed by atoms with van der Waals surface area (Å²) in [5.41, 5.74) is 0.965. The van der Waals surface area contributed by atoms with Gasteiger partial charge in [-0.25, -0.2) is 4.98 Å². The lowest BCUT2D eigenvalue weighted by atomic mass is 10.2. The Morgan fingerprint density at radius 1 is 1.03 bits per heavy atom. The summed E-state index contributed by atoms with van der Waals surface area (Å²) < 4.78 is 38.7. The zero-order valence-corrected chi connectivity index (χ0v) is 17.8. The Kier molecular flexibility index (Phi) is 7.29. The monoisotopic (exact) mass is 450 g/mol. The quantitative estimate of drug-likeness (QED) is 0.453. The molecule has 0 saturated heterocycles. The van der Waals surface area contributed by atoms with E-state index in [9.17, 15) is 13.2 Å². The molecule has 0 fully saturated rings. The molecule has 0 aliphatic carbocycles. The summed E-state index contributed by atoms with van der Waals surface area (Å²) in [4.78, 5) is 15.1. The van der Waals surface area contributed by atoms with Crippen molar-refractivity contribution in [2.75, 3.05) is 37.8 Å². The van der Waals surface area contributed by atoms with Crippen LogP contribution in [0.4, 0.5) is 30.6 Å². The SMILES string of the molecule is CN(C)CCCNc1nc(Nc2ccc(C(F)(F)F)cc2Cl)cc(-c2ccncc2)n1. The highest BCUT2D eigenvalue weighted by Gasteiger charge is 2.30. The van der Waals surface area contributed by atoms with Crippen LogP contribution in [0, 0.1) is 0 Å². The van der Waals surface area contributed by atoms with Gasteiger partial charge in [-0.3, -0.25) is 4.98 Å². The van der Waals surface area contributed by atoms with Gasteiger partial charge in [-0.2, -0.15) is 18.2 Å². The molecule has 0 aliphatic heterocycles. The van der Waals surface area contributed by atoms with E-state index in [1.807, 2.05) is 26.2 Å². The lowest BCUT2D eigenvalue weighted by Crippen LogP contribution is -2.17. The minimum atomic E-state index is -4.46. The molecule has 0 amide bonds. The Bertz CT molecular complexity index is 1010. The van der Waals surface area contributed by atoms with Gasteiger partial charge in [0.25, 0.3) is 0 Å². The fourth-order valence-corrected chi connectivity index (χ4v) is 3.01. The van der Waals surface area contributed by atoms with Gasteiger partial charge >= 0.3 is 6.18 Å². The number of halogens is 4. The normalized spacial score (nSPS) is 11.6. The maximum absolute atomic E-state index is 12.9. The molecular weight excluding hydrogens is 429 g/mol. The van der Waals surface area contributed by atoms with Gasteiger partial charge < -0.3 is 15.5 Å². The third-order valence-corrected chi connectivity index (χ3v) is 4.64. The minimum Gasteiger partial charge on any atom is -0.354 e. The van der Waals surface area contributed by atoms with Crippen LogP contribution in [-0.2, 0) is 6.18 Å². The summed E-state index contributed by atoms with van der Waals surface area (Å²) >= 11 is 6.08. The molecule has 0 saturated carbocycles. The molecule has 0 unspecified atom stereocenters. The standard InChI is InChI=1S/C21H22ClF3N6/c1-31(2)11-3-8-27-20-29-18(14-6-9-26-10-7-14)13-19(30-20)28-17-5-4-15(12-16(17)22)21(23,24)25/h4-7,9-10,12-13H,3,8,11H2,1-2H3,(H2,27,28,29,30). The zero-order valence-electron chi connectivity index (χ0n) is 17.0. The van der Waals surface area contributed by atoms with Crippen molar-refractivity contribution in [2.45, 2.75) is 12.6 Å². The van der Waals surface area contributed by atoms with E-state index >= 15 is 0 Å². The molecule has 0 atom stereocenters. The van der Waals surface area contributed by atoms with Gasteiger partial charge in [-0.1, -0.05) is 11.6 Å². The first kappa shape index (κ1) is 22.8. The van der Waals surface area contributed by atoms with Crippen LogP contribution >= 0.6 is 11.6 Å². The van der Waals surface area contributed by atoms with Gasteiger partial charge in [-0.05, 0) is 57.4 Å². The van der Waals surface area contributed by atoms with Crippen molar-refractivity contribution in [2.24, 2.45) is 0 Å². The fourth-order valence-electron chi connectivity index (χ4n) is 2.79. The summed E-state index contributed by atoms with van der Waals surface area (Å²) in [7, 11) is 3.99. The molecule has 3 rings (SSSR count). The van der Waals surface area contributed by atoms with Crippen molar-refractivity contribution in [3.63, 3.8) is 0 Å². The Hall–Kier alpha value is -2.91. The van der Waals surface area contributed by atoms with Crippen molar-refractivity contribution in [1.82, 2.24) is 19.9 Å². The third kappa shape index (κ3) is 6.53. The van der Waals surface area contributed by atoms with Crippen LogP contribution in [0.15, 0.2) is 48.8 Å². The van der Waals surface area contributed by atoms with Crippen LogP contribution in [0.25, 0.3) is 11.3 Å². The maximum atomic E-state index is 12.9. The first-order valence-electron chi connectivity index (χ1n) is 9.54. The van der Waals surface area contributed by atoms with Gasteiger partial charge in [0.05, 0.1) is 22.0 Å². The average molecular weight is 451 g/mol. The first-order valence-corrected chi connectivity index (χ1v) is 9.92. The highest BCUT2D eigenvalue weighted by molar-refractivity contribution is 6.33. The highest BCUT2D eigenvalue weighted by atomic mass is 35.5. The maximum Gasteiger partial charge on any atom is 0.416 e. The Balaban J connectivity index is 1.87. The molecule has 2 heterocycles. The number of nitrogens with one attached hydrogen (secondary N) is 2. The van der Waals surface area contributed by atoms with E-state index < -0.39 is 11.7 Å². The van der Waals surface area contributed by atoms with Crippen molar-refractivity contribution in [3.05, 3.63) is 59.4 Å². The summed E-state index contributed by atoms with van der Waals surface area (Å²) in [6, 6.07) is 8.47. The molecular formula is C21H22ClF3N6. The number of nitrogens with zero attached hydrogens (tertiary/aromatic N) is 4. The number of anilines is 3. The summed E-state index contributed by atoms with van der Waals surface area (Å²) in [5, 5.41) is 6.13. The van der Waals surface area contributed by atoms with Crippen molar-refractivity contribution < 1.29 is 13.2 Å². The lowest BCUT2D eigenvalue weighted by Gasteiger charge is -2.14. The number of rotatable bonds is 8. The molecule has 164 valence electrons. The smallest absolute Gasteiger partial charge is 0.354 e. The van der Waals surface area contributed by atoms with Crippen molar-refractivity contribution in [3.8, 4) is 11.3 Å². The summed E-state index contributed by atoms with van der Waals surface area (Å²) in [5.74, 6) is 0.803. The second-order valence-corrected chi connectivity index (χ2v) is 7.51. The van der Waals surface area contributed by atoms with E-state index in [0.717, 1.165) is 30.7 Å². The van der Waals surface area contributed by atoms with E-state index in [-0.39, 0.29) is 5.02 Å². The van der Waals surface area contributed by atoms with E-state index in [0.29, 0.717) is 29.7 Å². The topological polar surface area (TPSA) is 66.0 Å². The van der Waals surface area contributed by atoms with E-state index in [4.69, 9.17) is 11.6 Å². The second kappa shape index (κ2) is 9.93. The van der Waals surface area contributed by atoms with E-state index in [1.54, 1.807) is 18.5 Å².